The molecule has 0 bridgehead atoms. The first-order chi connectivity index (χ1) is 13.5. The smallest absolute Gasteiger partial charge is 0.311 e. The number of hydrogen-bond donors (Lipinski definition) is 0. The number of esters is 1. The van der Waals surface area contributed by atoms with Crippen molar-refractivity contribution < 1.29 is 9.53 Å². The second kappa shape index (κ2) is 7.71. The molecule has 0 aromatic heterocycles. The van der Waals surface area contributed by atoms with E-state index in [-0.39, 0.29) is 5.97 Å². The third kappa shape index (κ3) is 3.37. The average Bonchev–Trinajstić information content (AvgIpc) is 2.65. The summed E-state index contributed by atoms with van der Waals surface area (Å²) in [7, 11) is 0. The van der Waals surface area contributed by atoms with Crippen molar-refractivity contribution in [3.05, 3.63) is 52.6 Å². The van der Waals surface area contributed by atoms with Gasteiger partial charge in [0.05, 0.1) is 0 Å². The van der Waals surface area contributed by atoms with Crippen LogP contribution in [0.5, 0.6) is 5.75 Å². The summed E-state index contributed by atoms with van der Waals surface area (Å²) in [5.41, 5.74) is 7.66. The molecule has 0 unspecified atom stereocenters. The van der Waals surface area contributed by atoms with Crippen LogP contribution in [0.15, 0.2) is 30.3 Å². The lowest BCUT2D eigenvalue weighted by Gasteiger charge is -2.42. The molecule has 28 heavy (non-hydrogen) atoms. The fraction of sp³-hybridized carbons (Fsp3) is 0.480. The Kier molecular flexibility index (Phi) is 5.29. The molecule has 1 heterocycles. The van der Waals surface area contributed by atoms with Crippen LogP contribution in [0.4, 0.5) is 0 Å². The Labute approximate surface area is 168 Å². The van der Waals surface area contributed by atoms with Crippen LogP contribution < -0.4 is 4.74 Å². The van der Waals surface area contributed by atoms with Gasteiger partial charge in [-0.3, -0.25) is 9.69 Å². The van der Waals surface area contributed by atoms with Gasteiger partial charge in [-0.2, -0.15) is 0 Å². The van der Waals surface area contributed by atoms with Crippen molar-refractivity contribution in [3.63, 3.8) is 0 Å². The monoisotopic (exact) mass is 377 g/mol. The first kappa shape index (κ1) is 19.2. The van der Waals surface area contributed by atoms with Gasteiger partial charge in [0.2, 0.25) is 0 Å². The van der Waals surface area contributed by atoms with E-state index in [1.165, 1.54) is 28.7 Å². The second-order valence-electron chi connectivity index (χ2n) is 8.70. The number of fused-ring (bicyclic) bond motifs is 2. The maximum atomic E-state index is 12.5. The Balaban J connectivity index is 1.82. The molecule has 148 valence electrons. The largest absolute Gasteiger partial charge is 0.426 e. The summed E-state index contributed by atoms with van der Waals surface area (Å²) in [6, 6.07) is 11.4. The summed E-state index contributed by atoms with van der Waals surface area (Å²) in [5.74, 6) is 0.928. The number of carbonyl (C=O) groups excluding carboxylic acids is 1. The van der Waals surface area contributed by atoms with Crippen LogP contribution in [-0.2, 0) is 17.6 Å². The molecule has 0 saturated heterocycles. The third-order valence-corrected chi connectivity index (χ3v) is 6.06. The Morgan fingerprint density at radius 2 is 2.04 bits per heavy atom. The zero-order chi connectivity index (χ0) is 19.8. The SMILES string of the molecule is CCCN1CCc2cccc3c2[C@H]1Cc1ccc(C)c(OC(=O)CC(C)C)c1-3. The summed E-state index contributed by atoms with van der Waals surface area (Å²) in [4.78, 5) is 15.1. The molecule has 0 amide bonds. The number of ether oxygens (including phenoxy) is 1. The molecule has 1 atom stereocenters. The summed E-state index contributed by atoms with van der Waals surface area (Å²) >= 11 is 0. The zero-order valence-electron chi connectivity index (χ0n) is 17.5. The van der Waals surface area contributed by atoms with Gasteiger partial charge in [-0.1, -0.05) is 51.1 Å². The van der Waals surface area contributed by atoms with Crippen LogP contribution in [-0.4, -0.2) is 24.0 Å². The number of rotatable bonds is 5. The van der Waals surface area contributed by atoms with E-state index in [0.29, 0.717) is 18.4 Å². The average molecular weight is 378 g/mol. The van der Waals surface area contributed by atoms with Gasteiger partial charge in [-0.05, 0) is 66.5 Å². The fourth-order valence-electron chi connectivity index (χ4n) is 4.85. The Morgan fingerprint density at radius 3 is 2.79 bits per heavy atom. The van der Waals surface area contributed by atoms with Crippen LogP contribution >= 0.6 is 0 Å². The van der Waals surface area contributed by atoms with Crippen molar-refractivity contribution in [2.45, 2.75) is 59.4 Å². The minimum Gasteiger partial charge on any atom is -0.426 e. The minimum atomic E-state index is -0.133. The quantitative estimate of drug-likeness (QED) is 0.510. The zero-order valence-corrected chi connectivity index (χ0v) is 17.5. The molecule has 0 radical (unpaired) electrons. The van der Waals surface area contributed by atoms with Gasteiger partial charge in [0.1, 0.15) is 5.75 Å². The summed E-state index contributed by atoms with van der Waals surface area (Å²) < 4.78 is 5.96. The van der Waals surface area contributed by atoms with Crippen LogP contribution in [0.25, 0.3) is 11.1 Å². The highest BCUT2D eigenvalue weighted by atomic mass is 16.5. The topological polar surface area (TPSA) is 29.5 Å². The first-order valence-electron chi connectivity index (χ1n) is 10.7. The molecule has 0 N–H and O–H groups in total. The summed E-state index contributed by atoms with van der Waals surface area (Å²) in [6.07, 6.45) is 3.72. The molecule has 1 aliphatic heterocycles. The molecule has 4 rings (SSSR count). The predicted octanol–water partition coefficient (Wildman–Crippen LogP) is 5.48. The highest BCUT2D eigenvalue weighted by molar-refractivity contribution is 5.85. The van der Waals surface area contributed by atoms with Crippen molar-refractivity contribution in [1.82, 2.24) is 4.90 Å². The van der Waals surface area contributed by atoms with E-state index in [1.807, 2.05) is 6.92 Å². The molecule has 3 heteroatoms. The fourth-order valence-corrected chi connectivity index (χ4v) is 4.85. The molecule has 2 aromatic carbocycles. The summed E-state index contributed by atoms with van der Waals surface area (Å²) in [5, 5.41) is 0. The van der Waals surface area contributed by atoms with E-state index in [1.54, 1.807) is 0 Å². The molecule has 2 aromatic rings. The van der Waals surface area contributed by atoms with Gasteiger partial charge < -0.3 is 4.74 Å². The predicted molar refractivity (Wildman–Crippen MR) is 114 cm³/mol. The Hall–Kier alpha value is -2.13. The lowest BCUT2D eigenvalue weighted by molar-refractivity contribution is -0.135. The van der Waals surface area contributed by atoms with Crippen molar-refractivity contribution in [2.75, 3.05) is 13.1 Å². The summed E-state index contributed by atoms with van der Waals surface area (Å²) in [6.45, 7) is 10.7. The molecule has 0 saturated carbocycles. The maximum absolute atomic E-state index is 12.5. The first-order valence-corrected chi connectivity index (χ1v) is 10.7. The second-order valence-corrected chi connectivity index (χ2v) is 8.70. The Bertz CT molecular complexity index is 900. The van der Waals surface area contributed by atoms with E-state index >= 15 is 0 Å². The van der Waals surface area contributed by atoms with Gasteiger partial charge in [-0.25, -0.2) is 0 Å². The van der Waals surface area contributed by atoms with Crippen LogP contribution in [0.2, 0.25) is 0 Å². The van der Waals surface area contributed by atoms with Gasteiger partial charge in [0.25, 0.3) is 0 Å². The van der Waals surface area contributed by atoms with Crippen molar-refractivity contribution >= 4 is 5.97 Å². The normalized spacial score (nSPS) is 18.0. The molecule has 2 aliphatic rings. The molecule has 0 spiro atoms. The van der Waals surface area contributed by atoms with Crippen molar-refractivity contribution in [3.8, 4) is 16.9 Å². The molecular weight excluding hydrogens is 346 g/mol. The highest BCUT2D eigenvalue weighted by Gasteiger charge is 2.35. The van der Waals surface area contributed by atoms with Gasteiger partial charge >= 0.3 is 5.97 Å². The Morgan fingerprint density at radius 1 is 1.21 bits per heavy atom. The molecular formula is C25H31NO2. The van der Waals surface area contributed by atoms with Crippen LogP contribution in [0.1, 0.15) is 61.9 Å². The number of aryl methyl sites for hydroxylation is 1. The van der Waals surface area contributed by atoms with E-state index in [0.717, 1.165) is 42.8 Å². The molecule has 0 fully saturated rings. The van der Waals surface area contributed by atoms with Crippen LogP contribution in [0.3, 0.4) is 0 Å². The molecule has 1 aliphatic carbocycles. The minimum absolute atomic E-state index is 0.133. The van der Waals surface area contributed by atoms with E-state index in [4.69, 9.17) is 4.74 Å². The van der Waals surface area contributed by atoms with E-state index < -0.39 is 0 Å². The highest BCUT2D eigenvalue weighted by Crippen LogP contribution is 2.49. The maximum Gasteiger partial charge on any atom is 0.311 e. The molecule has 3 nitrogen and oxygen atoms in total. The number of benzene rings is 2. The van der Waals surface area contributed by atoms with Gasteiger partial charge in [-0.15, -0.1) is 0 Å². The van der Waals surface area contributed by atoms with E-state index in [2.05, 4.69) is 56.0 Å². The van der Waals surface area contributed by atoms with Crippen molar-refractivity contribution in [1.29, 1.82) is 0 Å². The number of nitrogens with zero attached hydrogens (tertiary/aromatic N) is 1. The van der Waals surface area contributed by atoms with E-state index in [9.17, 15) is 4.79 Å². The lowest BCUT2D eigenvalue weighted by atomic mass is 9.76. The van der Waals surface area contributed by atoms with Gasteiger partial charge in [0.15, 0.2) is 0 Å². The number of hydrogen-bond acceptors (Lipinski definition) is 3. The standard InChI is InChI=1S/C25H31NO2/c1-5-12-26-13-11-18-7-6-8-20-23(18)21(26)15-19-10-9-17(4)25(24(19)20)28-22(27)14-16(2)3/h6-10,16,21H,5,11-15H2,1-4H3/t21-/m1/s1. The third-order valence-electron chi connectivity index (χ3n) is 6.06. The lowest BCUT2D eigenvalue weighted by Crippen LogP contribution is -2.38. The van der Waals surface area contributed by atoms with Crippen molar-refractivity contribution in [2.24, 2.45) is 5.92 Å². The van der Waals surface area contributed by atoms with Gasteiger partial charge in [0, 0.05) is 24.6 Å². The number of carbonyl (C=O) groups is 1. The van der Waals surface area contributed by atoms with Crippen LogP contribution in [0, 0.1) is 12.8 Å².